The lowest BCUT2D eigenvalue weighted by atomic mass is 9.98. The summed E-state index contributed by atoms with van der Waals surface area (Å²) < 4.78 is 48.7. The number of hydrogen-bond donors (Lipinski definition) is 2. The number of nitrogens with zero attached hydrogens (tertiary/aromatic N) is 1. The molecule has 1 aliphatic heterocycles. The van der Waals surface area contributed by atoms with Gasteiger partial charge in [0.05, 0.1) is 0 Å². The first-order chi connectivity index (χ1) is 11.2. The summed E-state index contributed by atoms with van der Waals surface area (Å²) in [6.45, 7) is 2.27. The maximum absolute atomic E-state index is 12.5. The van der Waals surface area contributed by atoms with Gasteiger partial charge >= 0.3 is 5.76 Å². The normalized spacial score (nSPS) is 16.5. The van der Waals surface area contributed by atoms with E-state index in [0.29, 0.717) is 30.6 Å². The largest absolute Gasteiger partial charge is 0.399 e. The Morgan fingerprint density at radius 2 is 1.96 bits per heavy atom. The Kier molecular flexibility index (Phi) is 7.58. The quantitative estimate of drug-likeness (QED) is 0.743. The highest BCUT2D eigenvalue weighted by atomic mass is 35.5. The highest BCUT2D eigenvalue weighted by Gasteiger charge is 2.34. The van der Waals surface area contributed by atoms with Crippen molar-refractivity contribution in [1.82, 2.24) is 9.62 Å². The molecule has 1 aromatic carbocycles. The van der Waals surface area contributed by atoms with Crippen LogP contribution in [0.2, 0.25) is 0 Å². The number of aryl methyl sites for hydroxylation is 1. The maximum Gasteiger partial charge on any atom is 0.350 e. The van der Waals surface area contributed by atoms with E-state index in [1.54, 1.807) is 18.2 Å². The Morgan fingerprint density at radius 1 is 1.36 bits per heavy atom. The molecule has 1 fully saturated rings. The van der Waals surface area contributed by atoms with Crippen molar-refractivity contribution in [2.45, 2.75) is 25.5 Å². The Hall–Kier alpha value is -1.45. The number of piperidine rings is 1. The lowest BCUT2D eigenvalue weighted by Crippen LogP contribution is -2.43. The van der Waals surface area contributed by atoms with Crippen molar-refractivity contribution >= 4 is 34.0 Å². The highest BCUT2D eigenvalue weighted by molar-refractivity contribution is 7.89. The summed E-state index contributed by atoms with van der Waals surface area (Å²) in [6.07, 6.45) is 0.865. The smallest absolute Gasteiger partial charge is 0.350 e. The van der Waals surface area contributed by atoms with Crippen molar-refractivity contribution in [1.29, 1.82) is 0 Å². The van der Waals surface area contributed by atoms with Gasteiger partial charge in [-0.15, -0.1) is 12.4 Å². The molecule has 1 heterocycles. The molecular formula is C15H22ClF2N3O3S. The molecule has 0 aliphatic carbocycles. The van der Waals surface area contributed by atoms with Crippen LogP contribution in [0, 0.1) is 12.8 Å². The Labute approximate surface area is 152 Å². The Bertz CT molecular complexity index is 708. The number of alkyl halides is 2. The van der Waals surface area contributed by atoms with Crippen LogP contribution < -0.4 is 11.1 Å². The lowest BCUT2D eigenvalue weighted by Gasteiger charge is -2.30. The van der Waals surface area contributed by atoms with Gasteiger partial charge in [0.15, 0.2) is 0 Å². The van der Waals surface area contributed by atoms with Crippen molar-refractivity contribution in [3.05, 3.63) is 29.3 Å². The molecule has 0 spiro atoms. The molecule has 1 amide bonds. The maximum atomic E-state index is 12.5. The average Bonchev–Trinajstić information content (AvgIpc) is 2.55. The summed E-state index contributed by atoms with van der Waals surface area (Å²) in [5.74, 6) is -3.58. The van der Waals surface area contributed by atoms with Crippen molar-refractivity contribution in [2.24, 2.45) is 5.92 Å². The van der Waals surface area contributed by atoms with E-state index in [1.165, 1.54) is 0 Å². The van der Waals surface area contributed by atoms with Gasteiger partial charge in [0, 0.05) is 30.9 Å². The predicted octanol–water partition coefficient (Wildman–Crippen LogP) is 1.99. The number of carbonyl (C=O) groups excluding carboxylic acids is 1. The van der Waals surface area contributed by atoms with Crippen LogP contribution in [0.25, 0.3) is 0 Å². The van der Waals surface area contributed by atoms with Gasteiger partial charge in [-0.25, -0.2) is 8.42 Å². The van der Waals surface area contributed by atoms with Crippen molar-refractivity contribution in [3.63, 3.8) is 0 Å². The topological polar surface area (TPSA) is 92.5 Å². The number of rotatable bonds is 5. The molecule has 0 radical (unpaired) electrons. The number of nitrogens with two attached hydrogens (primary N) is 1. The fraction of sp³-hybridized carbons (Fsp3) is 0.533. The van der Waals surface area contributed by atoms with E-state index in [0.717, 1.165) is 9.87 Å². The highest BCUT2D eigenvalue weighted by Crippen LogP contribution is 2.22. The number of carbonyl (C=O) groups is 1. The lowest BCUT2D eigenvalue weighted by molar-refractivity contribution is 0.0940. The van der Waals surface area contributed by atoms with Crippen molar-refractivity contribution in [2.75, 3.05) is 25.4 Å². The molecule has 1 aliphatic rings. The minimum Gasteiger partial charge on any atom is -0.399 e. The van der Waals surface area contributed by atoms with Gasteiger partial charge < -0.3 is 11.1 Å². The van der Waals surface area contributed by atoms with E-state index >= 15 is 0 Å². The third-order valence-corrected chi connectivity index (χ3v) is 5.75. The molecule has 0 aromatic heterocycles. The SMILES string of the molecule is Cc1ccc(N)cc1C(=O)NCC1CCN(S(=O)(=O)C(F)F)CC1.Cl. The van der Waals surface area contributed by atoms with E-state index in [-0.39, 0.29) is 37.3 Å². The van der Waals surface area contributed by atoms with E-state index in [2.05, 4.69) is 5.32 Å². The number of amides is 1. The van der Waals surface area contributed by atoms with Gasteiger partial charge in [-0.2, -0.15) is 13.1 Å². The number of hydrogen-bond acceptors (Lipinski definition) is 4. The molecule has 0 atom stereocenters. The summed E-state index contributed by atoms with van der Waals surface area (Å²) in [5, 5.41) is 2.80. The summed E-state index contributed by atoms with van der Waals surface area (Å²) in [4.78, 5) is 12.2. The number of nitrogens with one attached hydrogen (secondary N) is 1. The number of nitrogen functional groups attached to an aromatic ring is 1. The van der Waals surface area contributed by atoms with Gasteiger partial charge in [0.25, 0.3) is 15.9 Å². The van der Waals surface area contributed by atoms with Crippen LogP contribution in [0.1, 0.15) is 28.8 Å². The first-order valence-electron chi connectivity index (χ1n) is 7.63. The number of anilines is 1. The van der Waals surface area contributed by atoms with Gasteiger partial charge in [0.1, 0.15) is 0 Å². The molecule has 3 N–H and O–H groups in total. The molecule has 0 unspecified atom stereocenters. The van der Waals surface area contributed by atoms with Gasteiger partial charge in [-0.05, 0) is 43.4 Å². The van der Waals surface area contributed by atoms with Gasteiger partial charge in [0.2, 0.25) is 0 Å². The first-order valence-corrected chi connectivity index (χ1v) is 9.13. The standard InChI is InChI=1S/C15H21F2N3O3S.ClH/c1-10-2-3-12(18)8-13(10)14(21)19-9-11-4-6-20(7-5-11)24(22,23)15(16)17;/h2-3,8,11,15H,4-7,9,18H2,1H3,(H,19,21);1H. The molecule has 10 heteroatoms. The average molecular weight is 398 g/mol. The van der Waals surface area contributed by atoms with Gasteiger partial charge in [-0.1, -0.05) is 6.07 Å². The molecule has 1 saturated heterocycles. The number of benzene rings is 1. The molecule has 1 aromatic rings. The van der Waals surface area contributed by atoms with Crippen LogP contribution in [-0.4, -0.2) is 44.0 Å². The zero-order chi connectivity index (χ0) is 17.9. The summed E-state index contributed by atoms with van der Waals surface area (Å²) in [6, 6.07) is 5.08. The Balaban J connectivity index is 0.00000312. The van der Waals surface area contributed by atoms with Crippen LogP contribution in [0.3, 0.4) is 0 Å². The molecule has 2 rings (SSSR count). The molecular weight excluding hydrogens is 376 g/mol. The third-order valence-electron chi connectivity index (χ3n) is 4.22. The molecule has 25 heavy (non-hydrogen) atoms. The Morgan fingerprint density at radius 3 is 2.52 bits per heavy atom. The zero-order valence-corrected chi connectivity index (χ0v) is 15.4. The van der Waals surface area contributed by atoms with Crippen LogP contribution in [0.15, 0.2) is 18.2 Å². The van der Waals surface area contributed by atoms with Crippen LogP contribution >= 0.6 is 12.4 Å². The number of halogens is 3. The molecule has 142 valence electrons. The fourth-order valence-corrected chi connectivity index (χ4v) is 3.64. The second kappa shape index (κ2) is 8.77. The summed E-state index contributed by atoms with van der Waals surface area (Å²) in [7, 11) is -4.51. The second-order valence-electron chi connectivity index (χ2n) is 5.93. The van der Waals surface area contributed by atoms with E-state index < -0.39 is 15.8 Å². The first kappa shape index (κ1) is 21.6. The summed E-state index contributed by atoms with van der Waals surface area (Å²) >= 11 is 0. The van der Waals surface area contributed by atoms with Crippen LogP contribution in [0.4, 0.5) is 14.5 Å². The van der Waals surface area contributed by atoms with Crippen LogP contribution in [0.5, 0.6) is 0 Å². The van der Waals surface area contributed by atoms with E-state index in [1.807, 2.05) is 6.92 Å². The predicted molar refractivity (Wildman–Crippen MR) is 94.4 cm³/mol. The van der Waals surface area contributed by atoms with Crippen molar-refractivity contribution < 1.29 is 22.0 Å². The van der Waals surface area contributed by atoms with E-state index in [9.17, 15) is 22.0 Å². The van der Waals surface area contributed by atoms with Crippen molar-refractivity contribution in [3.8, 4) is 0 Å². The minimum atomic E-state index is -4.51. The molecule has 6 nitrogen and oxygen atoms in total. The molecule has 0 bridgehead atoms. The zero-order valence-electron chi connectivity index (χ0n) is 13.7. The summed E-state index contributed by atoms with van der Waals surface area (Å²) in [5.41, 5.74) is 7.48. The van der Waals surface area contributed by atoms with E-state index in [4.69, 9.17) is 5.73 Å². The second-order valence-corrected chi connectivity index (χ2v) is 7.84. The monoisotopic (exact) mass is 397 g/mol. The van der Waals surface area contributed by atoms with Gasteiger partial charge in [-0.3, -0.25) is 4.79 Å². The fourth-order valence-electron chi connectivity index (χ4n) is 2.70. The molecule has 0 saturated carbocycles. The van der Waals surface area contributed by atoms with Crippen LogP contribution in [-0.2, 0) is 10.0 Å². The third kappa shape index (κ3) is 5.26. The minimum absolute atomic E-state index is 0. The number of sulfonamides is 1.